The maximum Gasteiger partial charge on any atom is 0.306 e. The average molecular weight is 320 g/mol. The van der Waals surface area contributed by atoms with Crippen LogP contribution in [-0.4, -0.2) is 18.4 Å². The van der Waals surface area contributed by atoms with Gasteiger partial charge in [-0.05, 0) is 25.1 Å². The van der Waals surface area contributed by atoms with Crippen molar-refractivity contribution >= 4 is 39.3 Å². The largest absolute Gasteiger partial charge is 0.466 e. The summed E-state index contributed by atoms with van der Waals surface area (Å²) in [5.41, 5.74) is 0.430. The molecular formula is C12H12BrClO3. The van der Waals surface area contributed by atoms with E-state index in [0.29, 0.717) is 17.2 Å². The van der Waals surface area contributed by atoms with E-state index in [1.165, 1.54) is 0 Å². The lowest BCUT2D eigenvalue weighted by molar-refractivity contribution is -0.143. The first kappa shape index (κ1) is 14.2. The molecular weight excluding hydrogens is 307 g/mol. The molecule has 1 aromatic rings. The van der Waals surface area contributed by atoms with Gasteiger partial charge in [-0.25, -0.2) is 0 Å². The zero-order valence-corrected chi connectivity index (χ0v) is 11.7. The van der Waals surface area contributed by atoms with E-state index < -0.39 is 0 Å². The number of carbonyl (C=O) groups excluding carboxylic acids is 2. The van der Waals surface area contributed by atoms with Gasteiger partial charge in [-0.3, -0.25) is 9.59 Å². The predicted octanol–water partition coefficient (Wildman–Crippen LogP) is 3.63. The summed E-state index contributed by atoms with van der Waals surface area (Å²) in [6, 6.07) is 5.03. The van der Waals surface area contributed by atoms with E-state index in [-0.39, 0.29) is 24.6 Å². The zero-order valence-electron chi connectivity index (χ0n) is 9.33. The summed E-state index contributed by atoms with van der Waals surface area (Å²) in [4.78, 5) is 22.9. The SMILES string of the molecule is CCOC(=O)CCC(=O)c1ccc(Br)cc1Cl. The van der Waals surface area contributed by atoms with Crippen LogP contribution in [0, 0.1) is 0 Å². The topological polar surface area (TPSA) is 43.4 Å². The molecule has 0 aromatic heterocycles. The van der Waals surface area contributed by atoms with Gasteiger partial charge in [0.1, 0.15) is 0 Å². The summed E-state index contributed by atoms with van der Waals surface area (Å²) in [6.45, 7) is 2.05. The third-order valence-electron chi connectivity index (χ3n) is 2.09. The Balaban J connectivity index is 2.61. The van der Waals surface area contributed by atoms with Crippen molar-refractivity contribution in [3.63, 3.8) is 0 Å². The Kier molecular flexibility index (Phi) is 5.65. The van der Waals surface area contributed by atoms with E-state index >= 15 is 0 Å². The van der Waals surface area contributed by atoms with Gasteiger partial charge in [0.2, 0.25) is 0 Å². The van der Waals surface area contributed by atoms with Crippen LogP contribution < -0.4 is 0 Å². The molecule has 0 radical (unpaired) electrons. The number of benzene rings is 1. The van der Waals surface area contributed by atoms with Gasteiger partial charge in [-0.1, -0.05) is 27.5 Å². The maximum absolute atomic E-state index is 11.8. The van der Waals surface area contributed by atoms with Crippen molar-refractivity contribution in [1.82, 2.24) is 0 Å². The number of rotatable bonds is 5. The minimum absolute atomic E-state index is 0.0824. The third-order valence-corrected chi connectivity index (χ3v) is 2.90. The first-order valence-electron chi connectivity index (χ1n) is 5.18. The first-order chi connectivity index (χ1) is 8.04. The summed E-state index contributed by atoms with van der Waals surface area (Å²) in [6.07, 6.45) is 0.194. The molecule has 0 fully saturated rings. The van der Waals surface area contributed by atoms with Gasteiger partial charge in [0.15, 0.2) is 5.78 Å². The van der Waals surface area contributed by atoms with E-state index in [9.17, 15) is 9.59 Å². The van der Waals surface area contributed by atoms with E-state index in [4.69, 9.17) is 16.3 Å². The van der Waals surface area contributed by atoms with Gasteiger partial charge in [0.25, 0.3) is 0 Å². The smallest absolute Gasteiger partial charge is 0.306 e. The highest BCUT2D eigenvalue weighted by atomic mass is 79.9. The van der Waals surface area contributed by atoms with Crippen LogP contribution >= 0.6 is 27.5 Å². The minimum atomic E-state index is -0.367. The highest BCUT2D eigenvalue weighted by molar-refractivity contribution is 9.10. The summed E-state index contributed by atoms with van der Waals surface area (Å²) in [5.74, 6) is -0.523. The van der Waals surface area contributed by atoms with Crippen molar-refractivity contribution in [3.05, 3.63) is 33.3 Å². The summed E-state index contributed by atoms with van der Waals surface area (Å²) < 4.78 is 5.56. The summed E-state index contributed by atoms with van der Waals surface area (Å²) >= 11 is 9.19. The fraction of sp³-hybridized carbons (Fsp3) is 0.333. The number of carbonyl (C=O) groups is 2. The molecule has 3 nitrogen and oxygen atoms in total. The fourth-order valence-electron chi connectivity index (χ4n) is 1.30. The first-order valence-corrected chi connectivity index (χ1v) is 6.35. The molecule has 0 bridgehead atoms. The second-order valence-corrected chi connectivity index (χ2v) is 4.68. The number of Topliss-reactive ketones (excluding diaryl/α,β-unsaturated/α-hetero) is 1. The lowest BCUT2D eigenvalue weighted by Gasteiger charge is -2.04. The molecule has 0 aliphatic carbocycles. The van der Waals surface area contributed by atoms with Crippen LogP contribution in [0.4, 0.5) is 0 Å². The molecule has 0 unspecified atom stereocenters. The van der Waals surface area contributed by atoms with Crippen molar-refractivity contribution < 1.29 is 14.3 Å². The molecule has 0 amide bonds. The molecule has 0 saturated heterocycles. The van der Waals surface area contributed by atoms with Gasteiger partial charge in [-0.15, -0.1) is 0 Å². The quantitative estimate of drug-likeness (QED) is 0.615. The Morgan fingerprint density at radius 1 is 1.35 bits per heavy atom. The molecule has 0 heterocycles. The molecule has 5 heteroatoms. The molecule has 0 aliphatic heterocycles. The summed E-state index contributed by atoms with van der Waals surface area (Å²) in [7, 11) is 0. The number of hydrogen-bond donors (Lipinski definition) is 0. The molecule has 1 aromatic carbocycles. The Hall–Kier alpha value is -0.870. The lowest BCUT2D eigenvalue weighted by Crippen LogP contribution is -2.08. The normalized spacial score (nSPS) is 10.1. The molecule has 92 valence electrons. The van der Waals surface area contributed by atoms with Gasteiger partial charge >= 0.3 is 5.97 Å². The number of ether oxygens (including phenoxy) is 1. The van der Waals surface area contributed by atoms with Crippen LogP contribution in [0.25, 0.3) is 0 Å². The van der Waals surface area contributed by atoms with Gasteiger partial charge in [-0.2, -0.15) is 0 Å². The van der Waals surface area contributed by atoms with Crippen LogP contribution in [0.2, 0.25) is 5.02 Å². The van der Waals surface area contributed by atoms with Crippen LogP contribution in [0.15, 0.2) is 22.7 Å². The van der Waals surface area contributed by atoms with Crippen LogP contribution in [0.5, 0.6) is 0 Å². The predicted molar refractivity (Wildman–Crippen MR) is 69.3 cm³/mol. The van der Waals surface area contributed by atoms with Gasteiger partial charge in [0.05, 0.1) is 18.1 Å². The van der Waals surface area contributed by atoms with Crippen LogP contribution in [-0.2, 0) is 9.53 Å². The Morgan fingerprint density at radius 2 is 2.06 bits per heavy atom. The number of ketones is 1. The zero-order chi connectivity index (χ0) is 12.8. The number of esters is 1. The lowest BCUT2D eigenvalue weighted by atomic mass is 10.1. The third kappa shape index (κ3) is 4.48. The Labute approximate surface area is 113 Å². The van der Waals surface area contributed by atoms with E-state index in [1.54, 1.807) is 25.1 Å². The van der Waals surface area contributed by atoms with E-state index in [1.807, 2.05) is 0 Å². The van der Waals surface area contributed by atoms with Crippen molar-refractivity contribution in [2.75, 3.05) is 6.61 Å². The minimum Gasteiger partial charge on any atom is -0.466 e. The number of hydrogen-bond acceptors (Lipinski definition) is 3. The van der Waals surface area contributed by atoms with Gasteiger partial charge in [0, 0.05) is 16.5 Å². The molecule has 0 aliphatic rings. The Morgan fingerprint density at radius 3 is 2.65 bits per heavy atom. The highest BCUT2D eigenvalue weighted by Gasteiger charge is 2.13. The number of halogens is 2. The van der Waals surface area contributed by atoms with Crippen LogP contribution in [0.3, 0.4) is 0 Å². The fourth-order valence-corrected chi connectivity index (χ4v) is 2.08. The standard InChI is InChI=1S/C12H12BrClO3/c1-2-17-12(16)6-5-11(15)9-4-3-8(13)7-10(9)14/h3-4,7H,2,5-6H2,1H3. The van der Waals surface area contributed by atoms with E-state index in [2.05, 4.69) is 15.9 Å². The highest BCUT2D eigenvalue weighted by Crippen LogP contribution is 2.22. The molecule has 0 spiro atoms. The second-order valence-electron chi connectivity index (χ2n) is 3.35. The van der Waals surface area contributed by atoms with Crippen LogP contribution in [0.1, 0.15) is 30.1 Å². The molecule has 0 N–H and O–H groups in total. The van der Waals surface area contributed by atoms with Crippen molar-refractivity contribution in [2.24, 2.45) is 0 Å². The average Bonchev–Trinajstić information content (AvgIpc) is 2.26. The van der Waals surface area contributed by atoms with Crippen molar-refractivity contribution in [3.8, 4) is 0 Å². The monoisotopic (exact) mass is 318 g/mol. The van der Waals surface area contributed by atoms with Crippen molar-refractivity contribution in [2.45, 2.75) is 19.8 Å². The van der Waals surface area contributed by atoms with Gasteiger partial charge < -0.3 is 4.74 Å². The van der Waals surface area contributed by atoms with Crippen molar-refractivity contribution in [1.29, 1.82) is 0 Å². The Bertz CT molecular complexity index is 432. The summed E-state index contributed by atoms with van der Waals surface area (Å²) in [5, 5.41) is 0.383. The van der Waals surface area contributed by atoms with E-state index in [0.717, 1.165) is 4.47 Å². The maximum atomic E-state index is 11.8. The molecule has 0 saturated carbocycles. The molecule has 0 atom stereocenters. The molecule has 1 rings (SSSR count). The molecule has 17 heavy (non-hydrogen) atoms. The second kappa shape index (κ2) is 6.77.